The summed E-state index contributed by atoms with van der Waals surface area (Å²) in [6.45, 7) is 4.10. The lowest BCUT2D eigenvalue weighted by Crippen LogP contribution is -2.43. The number of hydrogen-bond donors (Lipinski definition) is 1. The Hall–Kier alpha value is -4.18. The van der Waals surface area contributed by atoms with Gasteiger partial charge in [-0.15, -0.1) is 0 Å². The molecule has 2 aliphatic rings. The molecular formula is C30H28F6N6O3S. The van der Waals surface area contributed by atoms with Crippen LogP contribution in [0.25, 0.3) is 32.2 Å². The van der Waals surface area contributed by atoms with E-state index in [1.807, 2.05) is 0 Å². The molecule has 2 saturated heterocycles. The van der Waals surface area contributed by atoms with Crippen molar-refractivity contribution in [2.75, 3.05) is 39.0 Å². The van der Waals surface area contributed by atoms with E-state index in [-0.39, 0.29) is 64.9 Å². The summed E-state index contributed by atoms with van der Waals surface area (Å²) in [7, 11) is 1.71. The highest BCUT2D eigenvalue weighted by Crippen LogP contribution is 2.46. The number of nitrogens with two attached hydrogens (primary N) is 1. The molecule has 0 unspecified atom stereocenters. The summed E-state index contributed by atoms with van der Waals surface area (Å²) >= 11 is 0.715. The van der Waals surface area contributed by atoms with E-state index in [1.165, 1.54) is 4.90 Å². The predicted octanol–water partition coefficient (Wildman–Crippen LogP) is 5.76. The number of ether oxygens (including phenoxy) is 2. The van der Waals surface area contributed by atoms with E-state index >= 15 is 4.39 Å². The van der Waals surface area contributed by atoms with Crippen molar-refractivity contribution in [3.05, 3.63) is 48.1 Å². The number of rotatable bonds is 7. The van der Waals surface area contributed by atoms with E-state index in [9.17, 15) is 26.7 Å². The molecular weight excluding hydrogens is 638 g/mol. The number of benzene rings is 2. The third-order valence-electron chi connectivity index (χ3n) is 8.15. The van der Waals surface area contributed by atoms with Crippen LogP contribution in [0.4, 0.5) is 31.5 Å². The fourth-order valence-electron chi connectivity index (χ4n) is 5.91. The summed E-state index contributed by atoms with van der Waals surface area (Å²) in [5.74, 6) is -2.91. The van der Waals surface area contributed by atoms with Crippen LogP contribution in [0, 0.1) is 11.6 Å². The average Bonchev–Trinajstić information content (AvgIpc) is 3.56. The van der Waals surface area contributed by atoms with Gasteiger partial charge in [0.1, 0.15) is 30.2 Å². The van der Waals surface area contributed by atoms with Gasteiger partial charge in [-0.25, -0.2) is 18.2 Å². The Kier molecular flexibility index (Phi) is 8.43. The first-order valence-corrected chi connectivity index (χ1v) is 15.2. The molecule has 0 aliphatic carbocycles. The third-order valence-corrected chi connectivity index (χ3v) is 9.04. The molecule has 46 heavy (non-hydrogen) atoms. The van der Waals surface area contributed by atoms with E-state index in [0.29, 0.717) is 36.8 Å². The number of fused-ring (bicyclic) bond motifs is 2. The molecule has 0 radical (unpaired) electrons. The third kappa shape index (κ3) is 6.02. The molecule has 2 N–H and O–H groups in total. The van der Waals surface area contributed by atoms with Gasteiger partial charge in [0, 0.05) is 30.3 Å². The number of likely N-dealkylation sites (tertiary alicyclic amines) is 2. The number of hydrogen-bond acceptors (Lipinski definition) is 9. The molecule has 2 aliphatic heterocycles. The molecule has 0 spiro atoms. The maximum Gasteiger partial charge on any atom is 0.417 e. The number of carbonyl (C=O) groups is 1. The molecule has 3 atom stereocenters. The largest absolute Gasteiger partial charge is 0.472 e. The Bertz CT molecular complexity index is 1830. The van der Waals surface area contributed by atoms with Crippen LogP contribution >= 0.6 is 11.3 Å². The Morgan fingerprint density at radius 3 is 2.67 bits per heavy atom. The van der Waals surface area contributed by atoms with Gasteiger partial charge in [-0.3, -0.25) is 9.69 Å². The van der Waals surface area contributed by atoms with Crippen molar-refractivity contribution in [2.24, 2.45) is 0 Å². The Labute approximate surface area is 262 Å². The van der Waals surface area contributed by atoms with Crippen molar-refractivity contribution < 1.29 is 40.6 Å². The minimum atomic E-state index is -5.09. The molecule has 16 heteroatoms. The van der Waals surface area contributed by atoms with E-state index < -0.39 is 58.1 Å². The van der Waals surface area contributed by atoms with Gasteiger partial charge in [0.05, 0.1) is 27.7 Å². The monoisotopic (exact) mass is 666 g/mol. The second-order valence-electron chi connectivity index (χ2n) is 11.3. The van der Waals surface area contributed by atoms with Crippen LogP contribution in [0.3, 0.4) is 0 Å². The summed E-state index contributed by atoms with van der Waals surface area (Å²) in [5, 5.41) is -0.514. The minimum Gasteiger partial charge on any atom is -0.472 e. The second kappa shape index (κ2) is 12.2. The number of carbonyl (C=O) groups excluding carboxylic acids is 1. The van der Waals surface area contributed by atoms with Gasteiger partial charge in [0.25, 0.3) is 0 Å². The summed E-state index contributed by atoms with van der Waals surface area (Å²) in [4.78, 5) is 27.8. The van der Waals surface area contributed by atoms with Crippen LogP contribution in [0.15, 0.2) is 30.9 Å². The number of halogens is 6. The van der Waals surface area contributed by atoms with Crippen LogP contribution in [0.1, 0.15) is 24.8 Å². The fraction of sp³-hybridized carbons (Fsp3) is 0.400. The van der Waals surface area contributed by atoms with Crippen LogP contribution in [-0.2, 0) is 11.0 Å². The van der Waals surface area contributed by atoms with Gasteiger partial charge in [0.2, 0.25) is 11.8 Å². The molecule has 244 valence electrons. The Morgan fingerprint density at radius 2 is 1.98 bits per heavy atom. The number of aromatic nitrogens is 3. The lowest BCUT2D eigenvalue weighted by atomic mass is 9.95. The zero-order valence-electron chi connectivity index (χ0n) is 24.4. The highest BCUT2D eigenvalue weighted by Gasteiger charge is 2.39. The number of anilines is 1. The van der Waals surface area contributed by atoms with Crippen molar-refractivity contribution in [1.82, 2.24) is 24.8 Å². The van der Waals surface area contributed by atoms with Gasteiger partial charge < -0.3 is 20.1 Å². The lowest BCUT2D eigenvalue weighted by molar-refractivity contribution is -0.137. The van der Waals surface area contributed by atoms with Crippen LogP contribution in [0.5, 0.6) is 11.9 Å². The van der Waals surface area contributed by atoms with Gasteiger partial charge in [0.15, 0.2) is 10.9 Å². The van der Waals surface area contributed by atoms with Gasteiger partial charge in [-0.2, -0.15) is 23.1 Å². The van der Waals surface area contributed by atoms with Gasteiger partial charge in [-0.05, 0) is 50.6 Å². The van der Waals surface area contributed by atoms with Crippen molar-refractivity contribution in [3.63, 3.8) is 0 Å². The molecule has 9 nitrogen and oxygen atoms in total. The quantitative estimate of drug-likeness (QED) is 0.196. The molecule has 2 aromatic heterocycles. The predicted molar refractivity (Wildman–Crippen MR) is 159 cm³/mol. The van der Waals surface area contributed by atoms with Crippen molar-refractivity contribution >= 4 is 43.5 Å². The van der Waals surface area contributed by atoms with Gasteiger partial charge in [-0.1, -0.05) is 17.9 Å². The molecule has 1 amide bonds. The molecule has 4 heterocycles. The van der Waals surface area contributed by atoms with Crippen LogP contribution in [-0.4, -0.2) is 82.3 Å². The number of likely N-dealkylation sites (N-methyl/N-ethyl adjacent to an activating group) is 1. The first-order valence-electron chi connectivity index (χ1n) is 14.4. The topological polar surface area (TPSA) is 107 Å². The number of nitrogens with zero attached hydrogens (tertiary/aromatic N) is 5. The normalized spacial score (nSPS) is 20.8. The smallest absolute Gasteiger partial charge is 0.417 e. The zero-order chi connectivity index (χ0) is 32.9. The SMILES string of the molecule is C=CC(=O)N1CCC[C@@H](Oc2nc(OC[C@@H]3C[C@@H](F)CN3C)nc3c(F)c(-c4ccc(F)c5sc(N)nc45)c(C(F)(F)F)cc23)C1. The fourth-order valence-corrected chi connectivity index (χ4v) is 6.68. The summed E-state index contributed by atoms with van der Waals surface area (Å²) in [6, 6.07) is 1.83. The van der Waals surface area contributed by atoms with Crippen molar-refractivity contribution in [3.8, 4) is 23.0 Å². The molecule has 0 saturated carbocycles. The summed E-state index contributed by atoms with van der Waals surface area (Å²) in [6.07, 6.45) is -4.59. The molecule has 2 aromatic carbocycles. The first kappa shape index (κ1) is 31.8. The number of nitrogen functional groups attached to an aromatic ring is 1. The Balaban J connectivity index is 1.51. The maximum atomic E-state index is 16.6. The molecule has 4 aromatic rings. The first-order chi connectivity index (χ1) is 21.8. The molecule has 2 fully saturated rings. The van der Waals surface area contributed by atoms with Crippen molar-refractivity contribution in [2.45, 2.75) is 43.8 Å². The van der Waals surface area contributed by atoms with E-state index in [4.69, 9.17) is 15.2 Å². The summed E-state index contributed by atoms with van der Waals surface area (Å²) in [5.41, 5.74) is 2.29. The van der Waals surface area contributed by atoms with E-state index in [1.54, 1.807) is 11.9 Å². The number of alkyl halides is 4. The standard InChI is InChI=1S/C30H28F6N6O3S/c1-3-21(43)42-8-4-5-16(12-42)45-27-18-10-19(30(34,35)36)22(17-6-7-20(32)26-25(17)38-28(37)46-26)23(33)24(18)39-29(40-27)44-13-15-9-14(31)11-41(15)2/h3,6-7,10,14-16H,1,4-5,8-9,11-13H2,2H3,(H2,37,38)/t14-,15+,16-/m1/s1. The van der Waals surface area contributed by atoms with Crippen molar-refractivity contribution in [1.29, 1.82) is 0 Å². The summed E-state index contributed by atoms with van der Waals surface area (Å²) < 4.78 is 101. The number of amides is 1. The van der Waals surface area contributed by atoms with E-state index in [2.05, 4.69) is 21.5 Å². The highest BCUT2D eigenvalue weighted by atomic mass is 32.1. The highest BCUT2D eigenvalue weighted by molar-refractivity contribution is 7.22. The molecule has 0 bridgehead atoms. The van der Waals surface area contributed by atoms with E-state index in [0.717, 1.165) is 18.2 Å². The van der Waals surface area contributed by atoms with Crippen LogP contribution < -0.4 is 15.2 Å². The second-order valence-corrected chi connectivity index (χ2v) is 12.3. The Morgan fingerprint density at radius 1 is 1.20 bits per heavy atom. The minimum absolute atomic E-state index is 0.0846. The molecule has 6 rings (SSSR count). The zero-order valence-corrected chi connectivity index (χ0v) is 25.2. The maximum absolute atomic E-state index is 16.6. The average molecular weight is 667 g/mol. The number of piperidine rings is 1. The van der Waals surface area contributed by atoms with Crippen LogP contribution in [0.2, 0.25) is 0 Å². The number of thiazole rings is 1. The lowest BCUT2D eigenvalue weighted by Gasteiger charge is -2.32. The van der Waals surface area contributed by atoms with Gasteiger partial charge >= 0.3 is 12.2 Å².